The monoisotopic (exact) mass is 437 g/mol. The van der Waals surface area contributed by atoms with E-state index in [4.69, 9.17) is 4.74 Å². The Hall–Kier alpha value is -3.20. The summed E-state index contributed by atoms with van der Waals surface area (Å²) < 4.78 is 7.13. The van der Waals surface area contributed by atoms with Crippen molar-refractivity contribution in [2.24, 2.45) is 0 Å². The van der Waals surface area contributed by atoms with Gasteiger partial charge in [0.15, 0.2) is 5.82 Å². The number of piperazine rings is 1. The predicted octanol–water partition coefficient (Wildman–Crippen LogP) is 3.16. The van der Waals surface area contributed by atoms with Gasteiger partial charge in [-0.05, 0) is 46.8 Å². The van der Waals surface area contributed by atoms with E-state index in [-0.39, 0.29) is 18.0 Å². The maximum atomic E-state index is 13.2. The van der Waals surface area contributed by atoms with Crippen LogP contribution in [0, 0.1) is 6.92 Å². The van der Waals surface area contributed by atoms with Crippen LogP contribution in [0.3, 0.4) is 0 Å². The van der Waals surface area contributed by atoms with E-state index in [1.54, 1.807) is 6.20 Å². The van der Waals surface area contributed by atoms with Crippen LogP contribution in [-0.2, 0) is 0 Å². The third-order valence-corrected chi connectivity index (χ3v) is 5.68. The number of methoxy groups -OCH3 is 1. The van der Waals surface area contributed by atoms with Crippen molar-refractivity contribution in [3.63, 3.8) is 0 Å². The molecule has 1 aliphatic heterocycles. The van der Waals surface area contributed by atoms with Crippen LogP contribution in [-0.4, -0.2) is 57.9 Å². The van der Waals surface area contributed by atoms with Crippen molar-refractivity contribution >= 4 is 28.3 Å². The largest absolute Gasteiger partial charge is 0.467 e. The highest BCUT2D eigenvalue weighted by molar-refractivity contribution is 6.13. The van der Waals surface area contributed by atoms with E-state index in [2.05, 4.69) is 58.3 Å². The van der Waals surface area contributed by atoms with Crippen LogP contribution < -0.4 is 20.3 Å². The predicted molar refractivity (Wildman–Crippen MR) is 126 cm³/mol. The Kier molecular flexibility index (Phi) is 6.01. The molecule has 0 aliphatic carbocycles. The number of aromatic nitrogens is 4. The molecule has 2 aromatic heterocycles. The summed E-state index contributed by atoms with van der Waals surface area (Å²) in [6.45, 7) is 12.2. The van der Waals surface area contributed by atoms with E-state index in [1.807, 2.05) is 29.8 Å². The summed E-state index contributed by atoms with van der Waals surface area (Å²) >= 11 is 0. The summed E-state index contributed by atoms with van der Waals surface area (Å²) in [5.74, 6) is 0.252. The van der Waals surface area contributed by atoms with E-state index in [0.717, 1.165) is 29.9 Å². The molecule has 32 heavy (non-hydrogen) atoms. The normalized spacial score (nSPS) is 18.9. The average Bonchev–Trinajstić information content (AvgIpc) is 3.11. The van der Waals surface area contributed by atoms with Gasteiger partial charge >= 0.3 is 6.01 Å². The zero-order chi connectivity index (χ0) is 23.0. The second-order valence-corrected chi connectivity index (χ2v) is 8.79. The van der Waals surface area contributed by atoms with E-state index in [1.165, 1.54) is 7.11 Å². The van der Waals surface area contributed by atoms with Crippen molar-refractivity contribution < 1.29 is 9.53 Å². The molecule has 1 amide bonds. The zero-order valence-corrected chi connectivity index (χ0v) is 19.5. The zero-order valence-electron chi connectivity index (χ0n) is 19.5. The van der Waals surface area contributed by atoms with Crippen molar-refractivity contribution in [1.29, 1.82) is 0 Å². The molecule has 3 heterocycles. The standard InChI is InChI=1S/C23H31N7O2/c1-13(2)30-16(5)9-20(28-30)26-22(31)17-7-8-19(29-11-14(3)25-15(4)12-29)18-10-24-23(32-6)27-21(17)18/h7-10,13-15,25H,11-12H2,1-6H3,(H,26,28,31)/t14-,15-/m0/s1. The highest BCUT2D eigenvalue weighted by Gasteiger charge is 2.25. The maximum absolute atomic E-state index is 13.2. The lowest BCUT2D eigenvalue weighted by Gasteiger charge is -2.38. The molecule has 3 aromatic rings. The Labute approximate surface area is 188 Å². The molecule has 0 spiro atoms. The molecule has 1 aromatic carbocycles. The molecule has 0 radical (unpaired) electrons. The Morgan fingerprint density at radius 3 is 2.59 bits per heavy atom. The van der Waals surface area contributed by atoms with E-state index in [0.29, 0.717) is 29.0 Å². The van der Waals surface area contributed by atoms with Gasteiger partial charge in [0, 0.05) is 60.2 Å². The fourth-order valence-electron chi connectivity index (χ4n) is 4.43. The lowest BCUT2D eigenvalue weighted by molar-refractivity contribution is 0.102. The molecule has 0 unspecified atom stereocenters. The van der Waals surface area contributed by atoms with Gasteiger partial charge in [-0.1, -0.05) is 0 Å². The average molecular weight is 438 g/mol. The number of carbonyl (C=O) groups is 1. The van der Waals surface area contributed by atoms with E-state index in [9.17, 15) is 4.79 Å². The van der Waals surface area contributed by atoms with Crippen LogP contribution in [0.25, 0.3) is 10.9 Å². The van der Waals surface area contributed by atoms with Crippen LogP contribution >= 0.6 is 0 Å². The van der Waals surface area contributed by atoms with Gasteiger partial charge in [0.2, 0.25) is 0 Å². The molecule has 2 N–H and O–H groups in total. The van der Waals surface area contributed by atoms with Crippen molar-refractivity contribution in [1.82, 2.24) is 25.1 Å². The van der Waals surface area contributed by atoms with Crippen LogP contribution in [0.2, 0.25) is 0 Å². The second-order valence-electron chi connectivity index (χ2n) is 8.79. The molecule has 0 bridgehead atoms. The first-order chi connectivity index (χ1) is 15.3. The van der Waals surface area contributed by atoms with Crippen molar-refractivity contribution in [3.8, 4) is 6.01 Å². The summed E-state index contributed by atoms with van der Waals surface area (Å²) in [7, 11) is 1.52. The number of aryl methyl sites for hydroxylation is 1. The van der Waals surface area contributed by atoms with E-state index >= 15 is 0 Å². The number of carbonyl (C=O) groups excluding carboxylic acids is 1. The quantitative estimate of drug-likeness (QED) is 0.633. The fraction of sp³-hybridized carbons (Fsp3) is 0.478. The smallest absolute Gasteiger partial charge is 0.316 e. The van der Waals surface area contributed by atoms with Gasteiger partial charge in [0.1, 0.15) is 0 Å². The molecule has 9 heteroatoms. The van der Waals surface area contributed by atoms with Crippen molar-refractivity contribution in [3.05, 3.63) is 35.7 Å². The van der Waals surface area contributed by atoms with Crippen LogP contribution in [0.15, 0.2) is 24.4 Å². The molecule has 2 atom stereocenters. The molecule has 0 saturated carbocycles. The summed E-state index contributed by atoms with van der Waals surface area (Å²) in [5.41, 5.74) is 3.02. The minimum atomic E-state index is -0.266. The molecular formula is C23H31N7O2. The van der Waals surface area contributed by atoms with Gasteiger partial charge < -0.3 is 20.3 Å². The van der Waals surface area contributed by atoms with Gasteiger partial charge in [-0.3, -0.25) is 9.48 Å². The lowest BCUT2D eigenvalue weighted by Crippen LogP contribution is -2.54. The molecule has 1 aliphatic rings. The van der Waals surface area contributed by atoms with Crippen LogP contribution in [0.4, 0.5) is 11.5 Å². The Balaban J connectivity index is 1.73. The third-order valence-electron chi connectivity index (χ3n) is 5.68. The van der Waals surface area contributed by atoms with Crippen LogP contribution in [0.1, 0.15) is 49.8 Å². The number of nitrogens with one attached hydrogen (secondary N) is 2. The van der Waals surface area contributed by atoms with Crippen molar-refractivity contribution in [2.75, 3.05) is 30.4 Å². The van der Waals surface area contributed by atoms with Gasteiger partial charge in [0.25, 0.3) is 5.91 Å². The first kappa shape index (κ1) is 22.0. The maximum Gasteiger partial charge on any atom is 0.316 e. The van der Waals surface area contributed by atoms with Crippen molar-refractivity contribution in [2.45, 2.75) is 52.7 Å². The SMILES string of the molecule is COc1ncc2c(N3C[C@H](C)N[C@@H](C)C3)ccc(C(=O)Nc3cc(C)n(C(C)C)n3)c2n1. The Morgan fingerprint density at radius 1 is 1.25 bits per heavy atom. The summed E-state index contributed by atoms with van der Waals surface area (Å²) in [6, 6.07) is 6.82. The molecule has 1 saturated heterocycles. The Morgan fingerprint density at radius 2 is 1.97 bits per heavy atom. The van der Waals surface area contributed by atoms with Gasteiger partial charge in [-0.2, -0.15) is 10.1 Å². The molecule has 4 rings (SSSR count). The first-order valence-electron chi connectivity index (χ1n) is 11.0. The van der Waals surface area contributed by atoms with Gasteiger partial charge in [0.05, 0.1) is 18.2 Å². The second kappa shape index (κ2) is 8.74. The van der Waals surface area contributed by atoms with E-state index < -0.39 is 0 Å². The van der Waals surface area contributed by atoms with Crippen LogP contribution in [0.5, 0.6) is 6.01 Å². The summed E-state index contributed by atoms with van der Waals surface area (Å²) in [4.78, 5) is 24.4. The van der Waals surface area contributed by atoms with Gasteiger partial charge in [-0.15, -0.1) is 0 Å². The highest BCUT2D eigenvalue weighted by Crippen LogP contribution is 2.31. The number of hydrogen-bond donors (Lipinski definition) is 2. The minimum Gasteiger partial charge on any atom is -0.467 e. The first-order valence-corrected chi connectivity index (χ1v) is 11.0. The number of anilines is 2. The number of ether oxygens (including phenoxy) is 1. The Bertz CT molecular complexity index is 1130. The molecule has 9 nitrogen and oxygen atoms in total. The summed E-state index contributed by atoms with van der Waals surface area (Å²) in [6.07, 6.45) is 1.74. The number of amides is 1. The number of nitrogens with zero attached hydrogens (tertiary/aromatic N) is 5. The highest BCUT2D eigenvalue weighted by atomic mass is 16.5. The molecular weight excluding hydrogens is 406 g/mol. The fourth-order valence-corrected chi connectivity index (χ4v) is 4.43. The third kappa shape index (κ3) is 4.25. The summed E-state index contributed by atoms with van der Waals surface area (Å²) in [5, 5.41) is 11.8. The molecule has 1 fully saturated rings. The number of benzene rings is 1. The number of rotatable bonds is 5. The van der Waals surface area contributed by atoms with Gasteiger partial charge in [-0.25, -0.2) is 4.98 Å². The number of fused-ring (bicyclic) bond motifs is 1. The molecule has 170 valence electrons. The topological polar surface area (TPSA) is 97.2 Å². The minimum absolute atomic E-state index is 0.210. The number of hydrogen-bond acceptors (Lipinski definition) is 7. The lowest BCUT2D eigenvalue weighted by atomic mass is 10.0.